The molecule has 96 valence electrons. The zero-order chi connectivity index (χ0) is 13.1. The normalized spacial score (nSPS) is 13.5. The van der Waals surface area contributed by atoms with Crippen molar-refractivity contribution in [1.29, 1.82) is 0 Å². The molecular formula is C12H17F3N2. The maximum Gasteiger partial charge on any atom is 0.396 e. The average molecular weight is 246 g/mol. The summed E-state index contributed by atoms with van der Waals surface area (Å²) in [5.41, 5.74) is 1.18. The van der Waals surface area contributed by atoms with Gasteiger partial charge in [-0.15, -0.1) is 0 Å². The first-order valence-corrected chi connectivity index (χ1v) is 5.35. The first kappa shape index (κ1) is 13.8. The second kappa shape index (κ2) is 5.40. The van der Waals surface area contributed by atoms with E-state index in [-0.39, 0.29) is 12.1 Å². The highest BCUT2D eigenvalue weighted by atomic mass is 19.4. The zero-order valence-corrected chi connectivity index (χ0v) is 10.2. The van der Waals surface area contributed by atoms with Gasteiger partial charge in [-0.25, -0.2) is 0 Å². The summed E-state index contributed by atoms with van der Waals surface area (Å²) in [6.07, 6.45) is -4.22. The van der Waals surface area contributed by atoms with Gasteiger partial charge in [0.05, 0.1) is 5.92 Å². The zero-order valence-electron chi connectivity index (χ0n) is 10.2. The van der Waals surface area contributed by atoms with Crippen molar-refractivity contribution in [3.63, 3.8) is 0 Å². The van der Waals surface area contributed by atoms with Gasteiger partial charge < -0.3 is 10.2 Å². The Morgan fingerprint density at radius 3 is 2.06 bits per heavy atom. The van der Waals surface area contributed by atoms with E-state index in [1.54, 1.807) is 12.1 Å². The van der Waals surface area contributed by atoms with Crippen LogP contribution in [0.15, 0.2) is 24.3 Å². The molecule has 0 heterocycles. The summed E-state index contributed by atoms with van der Waals surface area (Å²) in [6, 6.07) is 6.46. The Labute approximate surface area is 99.4 Å². The molecular weight excluding hydrogens is 229 g/mol. The van der Waals surface area contributed by atoms with Gasteiger partial charge in [0.25, 0.3) is 0 Å². The van der Waals surface area contributed by atoms with E-state index in [0.717, 1.165) is 5.69 Å². The third-order valence-corrected chi connectivity index (χ3v) is 2.62. The van der Waals surface area contributed by atoms with E-state index in [2.05, 4.69) is 5.32 Å². The number of alkyl halides is 3. The van der Waals surface area contributed by atoms with Crippen LogP contribution in [-0.2, 0) is 0 Å². The lowest BCUT2D eigenvalue weighted by atomic mass is 9.98. The fraction of sp³-hybridized carbons (Fsp3) is 0.500. The topological polar surface area (TPSA) is 15.3 Å². The molecule has 0 fully saturated rings. The van der Waals surface area contributed by atoms with Crippen LogP contribution in [0, 0.1) is 0 Å². The lowest BCUT2D eigenvalue weighted by Crippen LogP contribution is -2.29. The second-order valence-electron chi connectivity index (χ2n) is 4.14. The van der Waals surface area contributed by atoms with Crippen LogP contribution in [-0.4, -0.2) is 33.9 Å². The molecule has 1 rings (SSSR count). The molecule has 1 aromatic rings. The first-order valence-electron chi connectivity index (χ1n) is 5.35. The van der Waals surface area contributed by atoms with E-state index in [1.165, 1.54) is 19.2 Å². The lowest BCUT2D eigenvalue weighted by Gasteiger charge is -2.21. The summed E-state index contributed by atoms with van der Waals surface area (Å²) >= 11 is 0. The molecule has 0 spiro atoms. The number of rotatable bonds is 4. The molecule has 17 heavy (non-hydrogen) atoms. The Hall–Kier alpha value is -1.23. The van der Waals surface area contributed by atoms with E-state index >= 15 is 0 Å². The van der Waals surface area contributed by atoms with Crippen molar-refractivity contribution < 1.29 is 13.2 Å². The van der Waals surface area contributed by atoms with Gasteiger partial charge >= 0.3 is 6.18 Å². The van der Waals surface area contributed by atoms with Crippen molar-refractivity contribution >= 4 is 5.69 Å². The number of halogens is 3. The highest BCUT2D eigenvalue weighted by Gasteiger charge is 2.39. The first-order chi connectivity index (χ1) is 7.86. The molecule has 0 bridgehead atoms. The van der Waals surface area contributed by atoms with E-state index in [1.807, 2.05) is 19.0 Å². The number of benzene rings is 1. The summed E-state index contributed by atoms with van der Waals surface area (Å²) in [6.45, 7) is -0.106. The van der Waals surface area contributed by atoms with Gasteiger partial charge in [0, 0.05) is 26.3 Å². The molecule has 2 nitrogen and oxygen atoms in total. The van der Waals surface area contributed by atoms with E-state index in [9.17, 15) is 13.2 Å². The van der Waals surface area contributed by atoms with Gasteiger partial charge in [-0.2, -0.15) is 13.2 Å². The van der Waals surface area contributed by atoms with Crippen molar-refractivity contribution in [2.45, 2.75) is 12.1 Å². The van der Waals surface area contributed by atoms with Crippen LogP contribution in [0.4, 0.5) is 18.9 Å². The fourth-order valence-corrected chi connectivity index (χ4v) is 1.63. The molecule has 0 amide bonds. The van der Waals surface area contributed by atoms with E-state index in [4.69, 9.17) is 0 Å². The monoisotopic (exact) mass is 246 g/mol. The fourth-order valence-electron chi connectivity index (χ4n) is 1.63. The molecule has 1 atom stereocenters. The van der Waals surface area contributed by atoms with Crippen molar-refractivity contribution in [3.8, 4) is 0 Å². The van der Waals surface area contributed by atoms with Crippen LogP contribution < -0.4 is 10.2 Å². The van der Waals surface area contributed by atoms with Crippen molar-refractivity contribution in [2.24, 2.45) is 0 Å². The highest BCUT2D eigenvalue weighted by Crippen LogP contribution is 2.34. The Kier molecular flexibility index (Phi) is 4.40. The van der Waals surface area contributed by atoms with Crippen molar-refractivity contribution in [1.82, 2.24) is 5.32 Å². The molecule has 0 saturated carbocycles. The van der Waals surface area contributed by atoms with Crippen molar-refractivity contribution in [2.75, 3.05) is 32.6 Å². The quantitative estimate of drug-likeness (QED) is 0.878. The third-order valence-electron chi connectivity index (χ3n) is 2.62. The number of anilines is 1. The average Bonchev–Trinajstić information content (AvgIpc) is 2.24. The predicted octanol–water partition coefficient (Wildman–Crippen LogP) is 2.62. The summed E-state index contributed by atoms with van der Waals surface area (Å²) in [5, 5.41) is 2.58. The number of hydrogen-bond acceptors (Lipinski definition) is 2. The molecule has 0 radical (unpaired) electrons. The molecule has 1 unspecified atom stereocenters. The molecule has 0 aliphatic carbocycles. The van der Waals surface area contributed by atoms with Crippen LogP contribution in [0.2, 0.25) is 0 Å². The Morgan fingerprint density at radius 1 is 1.18 bits per heavy atom. The van der Waals surface area contributed by atoms with Crippen LogP contribution in [0.3, 0.4) is 0 Å². The van der Waals surface area contributed by atoms with Gasteiger partial charge in [0.2, 0.25) is 0 Å². The van der Waals surface area contributed by atoms with Gasteiger partial charge in [0.1, 0.15) is 0 Å². The van der Waals surface area contributed by atoms with Crippen LogP contribution in [0.1, 0.15) is 11.5 Å². The van der Waals surface area contributed by atoms with Crippen LogP contribution in [0.25, 0.3) is 0 Å². The van der Waals surface area contributed by atoms with Gasteiger partial charge in [-0.1, -0.05) is 12.1 Å². The largest absolute Gasteiger partial charge is 0.396 e. The molecule has 0 aliphatic heterocycles. The third kappa shape index (κ3) is 3.63. The molecule has 0 aliphatic rings. The minimum Gasteiger partial charge on any atom is -0.378 e. The van der Waals surface area contributed by atoms with Crippen molar-refractivity contribution in [3.05, 3.63) is 29.8 Å². The Balaban J connectivity index is 2.95. The molecule has 0 aromatic heterocycles. The minimum atomic E-state index is -4.22. The molecule has 1 N–H and O–H groups in total. The van der Waals surface area contributed by atoms with Crippen LogP contribution >= 0.6 is 0 Å². The standard InChI is InChI=1S/C12H17F3N2/c1-16-8-11(12(13,14)15)9-4-6-10(7-5-9)17(2)3/h4-7,11,16H,8H2,1-3H3. The predicted molar refractivity (Wildman–Crippen MR) is 63.5 cm³/mol. The maximum absolute atomic E-state index is 12.8. The summed E-state index contributed by atoms with van der Waals surface area (Å²) in [5.74, 6) is -1.45. The lowest BCUT2D eigenvalue weighted by molar-refractivity contribution is -0.149. The van der Waals surface area contributed by atoms with Gasteiger partial charge in [0.15, 0.2) is 0 Å². The number of nitrogens with zero attached hydrogens (tertiary/aromatic N) is 1. The number of hydrogen-bond donors (Lipinski definition) is 1. The number of nitrogens with one attached hydrogen (secondary N) is 1. The van der Waals surface area contributed by atoms with Gasteiger partial charge in [-0.3, -0.25) is 0 Å². The minimum absolute atomic E-state index is 0.106. The summed E-state index contributed by atoms with van der Waals surface area (Å²) in [7, 11) is 5.22. The molecule has 0 saturated heterocycles. The Bertz CT molecular complexity index is 344. The van der Waals surface area contributed by atoms with E-state index < -0.39 is 12.1 Å². The second-order valence-corrected chi connectivity index (χ2v) is 4.14. The number of likely N-dealkylation sites (N-methyl/N-ethyl adjacent to an activating group) is 1. The van der Waals surface area contributed by atoms with E-state index in [0.29, 0.717) is 0 Å². The SMILES string of the molecule is CNCC(c1ccc(N(C)C)cc1)C(F)(F)F. The summed E-state index contributed by atoms with van der Waals surface area (Å²) in [4.78, 5) is 1.85. The molecule has 5 heteroatoms. The smallest absolute Gasteiger partial charge is 0.378 e. The Morgan fingerprint density at radius 2 is 1.71 bits per heavy atom. The van der Waals surface area contributed by atoms with Gasteiger partial charge in [-0.05, 0) is 24.7 Å². The maximum atomic E-state index is 12.8. The highest BCUT2D eigenvalue weighted by molar-refractivity contribution is 5.46. The summed E-state index contributed by atoms with van der Waals surface area (Å²) < 4.78 is 38.4. The van der Waals surface area contributed by atoms with Crippen LogP contribution in [0.5, 0.6) is 0 Å². The molecule has 1 aromatic carbocycles.